The van der Waals surface area contributed by atoms with Crippen molar-refractivity contribution in [2.45, 2.75) is 51.2 Å². The number of nitrogens with zero attached hydrogens (tertiary/aromatic N) is 1. The number of benzene rings is 2. The summed E-state index contributed by atoms with van der Waals surface area (Å²) in [5.41, 5.74) is 4.15. The zero-order valence-corrected chi connectivity index (χ0v) is 24.4. The molecular weight excluding hydrogens is 549 g/mol. The number of hydrogen-bond donors (Lipinski definition) is 0. The van der Waals surface area contributed by atoms with E-state index in [1.54, 1.807) is 12.1 Å². The van der Waals surface area contributed by atoms with Crippen LogP contribution in [0.5, 0.6) is 11.6 Å². The molecule has 1 saturated carbocycles. The Morgan fingerprint density at radius 2 is 1.88 bits per heavy atom. The van der Waals surface area contributed by atoms with Crippen LogP contribution >= 0.6 is 0 Å². The summed E-state index contributed by atoms with van der Waals surface area (Å²) in [5.74, 6) is 0.453. The van der Waals surface area contributed by atoms with Crippen LogP contribution in [0.3, 0.4) is 0 Å². The third kappa shape index (κ3) is 6.54. The number of pyridine rings is 1. The van der Waals surface area contributed by atoms with E-state index in [-0.39, 0.29) is 42.0 Å². The number of aromatic nitrogens is 1. The number of hydrogen-bond acceptors (Lipinski definition) is 8. The Labute approximate surface area is 239 Å². The molecule has 0 spiro atoms. The third-order valence-corrected chi connectivity index (χ3v) is 8.47. The molecule has 1 aliphatic carbocycles. The summed E-state index contributed by atoms with van der Waals surface area (Å²) in [6.07, 6.45) is 5.40. The predicted octanol–water partition coefficient (Wildman–Crippen LogP) is 5.74. The highest BCUT2D eigenvalue weighted by molar-refractivity contribution is 7.85. The monoisotopic (exact) mass is 583 g/mol. The summed E-state index contributed by atoms with van der Waals surface area (Å²) in [4.78, 5) is 16.3. The minimum Gasteiger partial charge on any atom is -0.485 e. The molecular formula is C31H34FNO7S. The molecule has 2 aliphatic rings. The average molecular weight is 584 g/mol. The number of esters is 1. The van der Waals surface area contributed by atoms with Crippen LogP contribution in [-0.4, -0.2) is 39.8 Å². The second-order valence-corrected chi connectivity index (χ2v) is 12.4. The Morgan fingerprint density at radius 1 is 1.10 bits per heavy atom. The van der Waals surface area contributed by atoms with Crippen LogP contribution in [0.1, 0.15) is 60.5 Å². The Hall–Kier alpha value is -3.50. The largest absolute Gasteiger partial charge is 0.485 e. The molecule has 3 aromatic rings. The van der Waals surface area contributed by atoms with Gasteiger partial charge in [0, 0.05) is 11.6 Å². The maximum absolute atomic E-state index is 14.8. The highest BCUT2D eigenvalue weighted by Gasteiger charge is 2.39. The van der Waals surface area contributed by atoms with Gasteiger partial charge < -0.3 is 14.2 Å². The van der Waals surface area contributed by atoms with Gasteiger partial charge in [0.05, 0.1) is 39.2 Å². The van der Waals surface area contributed by atoms with E-state index in [0.717, 1.165) is 54.2 Å². The second-order valence-electron chi connectivity index (χ2n) is 10.8. The van der Waals surface area contributed by atoms with Crippen LogP contribution in [0.25, 0.3) is 11.1 Å². The zero-order chi connectivity index (χ0) is 29.3. The van der Waals surface area contributed by atoms with Crippen molar-refractivity contribution < 1.29 is 36.0 Å². The molecule has 0 bridgehead atoms. The lowest BCUT2D eigenvalue weighted by molar-refractivity contribution is -0.145. The second kappa shape index (κ2) is 11.8. The van der Waals surface area contributed by atoms with Crippen molar-refractivity contribution in [1.82, 2.24) is 4.98 Å². The van der Waals surface area contributed by atoms with E-state index in [2.05, 4.69) is 17.1 Å². The molecule has 0 N–H and O–H groups in total. The molecule has 5 rings (SSSR count). The summed E-state index contributed by atoms with van der Waals surface area (Å²) >= 11 is 0. The van der Waals surface area contributed by atoms with Crippen molar-refractivity contribution in [3.05, 3.63) is 76.7 Å². The van der Waals surface area contributed by atoms with Gasteiger partial charge in [0.25, 0.3) is 10.1 Å². The van der Waals surface area contributed by atoms with Crippen LogP contribution in [0.15, 0.2) is 48.7 Å². The number of fused-ring (bicyclic) bond motifs is 1. The number of carbonyl (C=O) groups excluding carboxylic acids is 1. The van der Waals surface area contributed by atoms with E-state index < -0.39 is 15.9 Å². The van der Waals surface area contributed by atoms with Gasteiger partial charge in [-0.25, -0.2) is 9.37 Å². The van der Waals surface area contributed by atoms with Gasteiger partial charge >= 0.3 is 5.97 Å². The van der Waals surface area contributed by atoms with Crippen LogP contribution < -0.4 is 9.47 Å². The quantitative estimate of drug-likeness (QED) is 0.220. The van der Waals surface area contributed by atoms with Gasteiger partial charge in [-0.1, -0.05) is 31.2 Å². The van der Waals surface area contributed by atoms with Crippen LogP contribution in [0.2, 0.25) is 0 Å². The summed E-state index contributed by atoms with van der Waals surface area (Å²) in [5, 5.41) is 0. The van der Waals surface area contributed by atoms with E-state index in [9.17, 15) is 17.6 Å². The first kappa shape index (κ1) is 29.0. The summed E-state index contributed by atoms with van der Waals surface area (Å²) in [7, 11) is -0.889. The minimum atomic E-state index is -3.75. The van der Waals surface area contributed by atoms with Crippen molar-refractivity contribution >= 4 is 16.1 Å². The SMILES string of the molecule is COC(=O)[C@@H](C)[C@H](c1ccc2c(c1)O[C@H](c1ccc(-c3cc(OC)ncc3F)c(COS(C)(=O)=O)c1)CC2)C1CC1. The number of methoxy groups -OCH3 is 2. The van der Waals surface area contributed by atoms with Crippen molar-refractivity contribution in [2.75, 3.05) is 20.5 Å². The number of carbonyl (C=O) groups is 1. The number of ether oxygens (including phenoxy) is 3. The maximum atomic E-state index is 14.8. The van der Waals surface area contributed by atoms with Crippen LogP contribution in [0, 0.1) is 17.7 Å². The van der Waals surface area contributed by atoms with E-state index >= 15 is 0 Å². The lowest BCUT2D eigenvalue weighted by Gasteiger charge is -2.29. The highest BCUT2D eigenvalue weighted by Crippen LogP contribution is 2.48. The van der Waals surface area contributed by atoms with Crippen LogP contribution in [-0.2, 0) is 36.9 Å². The molecule has 1 fully saturated rings. The van der Waals surface area contributed by atoms with Gasteiger partial charge in [0.2, 0.25) is 5.88 Å². The molecule has 0 saturated heterocycles. The van der Waals surface area contributed by atoms with Crippen molar-refractivity contribution in [3.8, 4) is 22.8 Å². The Kier molecular flexibility index (Phi) is 8.33. The Bertz CT molecular complexity index is 1550. The first-order valence-electron chi connectivity index (χ1n) is 13.6. The van der Waals surface area contributed by atoms with E-state index in [4.69, 9.17) is 18.4 Å². The van der Waals surface area contributed by atoms with Crippen molar-refractivity contribution in [3.63, 3.8) is 0 Å². The van der Waals surface area contributed by atoms with E-state index in [1.807, 2.05) is 19.1 Å². The fourth-order valence-electron chi connectivity index (χ4n) is 5.69. The van der Waals surface area contributed by atoms with E-state index in [0.29, 0.717) is 23.5 Å². The smallest absolute Gasteiger partial charge is 0.309 e. The van der Waals surface area contributed by atoms with Gasteiger partial charge in [-0.15, -0.1) is 0 Å². The lowest BCUT2D eigenvalue weighted by Crippen LogP contribution is -2.23. The molecule has 1 aromatic heterocycles. The lowest BCUT2D eigenvalue weighted by atomic mass is 9.82. The van der Waals surface area contributed by atoms with Gasteiger partial charge in [0.15, 0.2) is 0 Å². The first-order valence-corrected chi connectivity index (χ1v) is 15.4. The van der Waals surface area contributed by atoms with Crippen molar-refractivity contribution in [2.24, 2.45) is 11.8 Å². The molecule has 0 radical (unpaired) electrons. The molecule has 218 valence electrons. The molecule has 41 heavy (non-hydrogen) atoms. The first-order chi connectivity index (χ1) is 19.6. The minimum absolute atomic E-state index is 0.0583. The topological polar surface area (TPSA) is 101 Å². The molecule has 0 unspecified atom stereocenters. The predicted molar refractivity (Wildman–Crippen MR) is 151 cm³/mol. The van der Waals surface area contributed by atoms with Crippen molar-refractivity contribution in [1.29, 1.82) is 0 Å². The molecule has 0 amide bonds. The highest BCUT2D eigenvalue weighted by atomic mass is 32.2. The normalized spacial score (nSPS) is 18.1. The van der Waals surface area contributed by atoms with E-state index in [1.165, 1.54) is 20.3 Å². The summed E-state index contributed by atoms with van der Waals surface area (Å²) < 4.78 is 60.3. The molecule has 1 aliphatic heterocycles. The molecule has 8 nitrogen and oxygen atoms in total. The van der Waals surface area contributed by atoms with Gasteiger partial charge in [-0.3, -0.25) is 8.98 Å². The Balaban J connectivity index is 1.47. The molecule has 10 heteroatoms. The third-order valence-electron chi connectivity index (χ3n) is 7.92. The van der Waals surface area contributed by atoms with Gasteiger partial charge in [0.1, 0.15) is 17.7 Å². The van der Waals surface area contributed by atoms with Gasteiger partial charge in [-0.05, 0) is 77.5 Å². The summed E-state index contributed by atoms with van der Waals surface area (Å²) in [6.45, 7) is 1.65. The fraction of sp³-hybridized carbons (Fsp3) is 0.419. The fourth-order valence-corrected chi connectivity index (χ4v) is 6.03. The molecule has 2 aromatic carbocycles. The van der Waals surface area contributed by atoms with Crippen LogP contribution in [0.4, 0.5) is 4.39 Å². The number of aryl methyl sites for hydroxylation is 1. The zero-order valence-electron chi connectivity index (χ0n) is 23.6. The number of rotatable bonds is 10. The standard InChI is InChI=1S/C31H34FNO7S/c1-18(31(34)38-3)30(20-6-7-20)22-8-5-19-10-12-27(40-28(19)14-22)21-9-11-24(23(13-21)17-39-41(4,35)36)25-15-29(37-2)33-16-26(25)32/h5,8-9,11,13-16,18,20,27,30H,6-7,10,12,17H2,1-4H3/t18-,27-,30-/m0/s1. The Morgan fingerprint density at radius 3 is 2.56 bits per heavy atom. The number of halogens is 1. The molecule has 3 atom stereocenters. The maximum Gasteiger partial charge on any atom is 0.309 e. The van der Waals surface area contributed by atoms with Gasteiger partial charge in [-0.2, -0.15) is 8.42 Å². The molecule has 2 heterocycles. The summed E-state index contributed by atoms with van der Waals surface area (Å²) in [6, 6.07) is 13.1. The average Bonchev–Trinajstić information content (AvgIpc) is 3.80.